The van der Waals surface area contributed by atoms with E-state index in [-0.39, 0.29) is 6.61 Å². The lowest BCUT2D eigenvalue weighted by Crippen LogP contribution is -2.37. The van der Waals surface area contributed by atoms with Gasteiger partial charge in [-0.15, -0.1) is 0 Å². The lowest BCUT2D eigenvalue weighted by molar-refractivity contribution is -0.149. The fraction of sp³-hybridized carbons (Fsp3) is 0.273. The van der Waals surface area contributed by atoms with Gasteiger partial charge in [0, 0.05) is 5.70 Å². The summed E-state index contributed by atoms with van der Waals surface area (Å²) in [6.07, 6.45) is 0. The second kappa shape index (κ2) is 9.39. The number of tetrazole rings is 1. The van der Waals surface area contributed by atoms with E-state index < -0.39 is 17.9 Å². The van der Waals surface area contributed by atoms with Gasteiger partial charge in [-0.05, 0) is 56.5 Å². The Bertz CT molecular complexity index is 1130. The summed E-state index contributed by atoms with van der Waals surface area (Å²) >= 11 is 3.55. The van der Waals surface area contributed by atoms with Crippen molar-refractivity contribution in [1.82, 2.24) is 20.2 Å². The molecule has 0 radical (unpaired) electrons. The number of rotatable bonds is 7. The molecule has 1 aromatic heterocycles. The number of methoxy groups -OCH3 is 1. The van der Waals surface area contributed by atoms with Crippen LogP contribution in [0.5, 0.6) is 11.5 Å². The standard InChI is InChI=1S/C22H22BrN5O4/c1-4-31-20-16(23)10-15(11-17(20)30-3)19-18(13(2)24-22-25-26-27-28(19)22)21(29)32-12-14-8-6-5-7-9-14/h5-11,18-19H,2,4,12H2,1,3H3,(H,24,25,27). The maximum absolute atomic E-state index is 13.2. The number of fused-ring (bicyclic) bond motifs is 1. The molecule has 10 heteroatoms. The summed E-state index contributed by atoms with van der Waals surface area (Å²) < 4.78 is 19.1. The molecule has 2 atom stereocenters. The molecule has 0 saturated heterocycles. The molecule has 32 heavy (non-hydrogen) atoms. The smallest absolute Gasteiger partial charge is 0.317 e. The first-order valence-corrected chi connectivity index (χ1v) is 10.8. The van der Waals surface area contributed by atoms with Gasteiger partial charge >= 0.3 is 5.97 Å². The number of hydrogen-bond donors (Lipinski definition) is 1. The summed E-state index contributed by atoms with van der Waals surface area (Å²) in [5.41, 5.74) is 2.06. The van der Waals surface area contributed by atoms with E-state index in [0.717, 1.165) is 11.1 Å². The molecule has 0 saturated carbocycles. The van der Waals surface area contributed by atoms with Crippen LogP contribution in [-0.2, 0) is 16.1 Å². The zero-order valence-corrected chi connectivity index (χ0v) is 19.2. The SMILES string of the molecule is C=C1Nc2nnnn2C(c2cc(Br)c(OCC)c(OC)c2)C1C(=O)OCc1ccccc1. The number of ether oxygens (including phenoxy) is 3. The summed E-state index contributed by atoms with van der Waals surface area (Å²) in [5, 5.41) is 14.9. The van der Waals surface area contributed by atoms with E-state index >= 15 is 0 Å². The van der Waals surface area contributed by atoms with E-state index in [1.165, 1.54) is 0 Å². The van der Waals surface area contributed by atoms with Gasteiger partial charge in [-0.25, -0.2) is 4.68 Å². The molecular formula is C22H22BrN5O4. The van der Waals surface area contributed by atoms with E-state index in [1.807, 2.05) is 49.4 Å². The van der Waals surface area contributed by atoms with Gasteiger partial charge in [-0.2, -0.15) is 0 Å². The zero-order valence-electron chi connectivity index (χ0n) is 17.6. The van der Waals surface area contributed by atoms with Crippen LogP contribution in [0, 0.1) is 5.92 Å². The monoisotopic (exact) mass is 499 g/mol. The topological polar surface area (TPSA) is 100 Å². The lowest BCUT2D eigenvalue weighted by Gasteiger charge is -2.32. The van der Waals surface area contributed by atoms with E-state index in [0.29, 0.717) is 34.2 Å². The van der Waals surface area contributed by atoms with E-state index in [4.69, 9.17) is 14.2 Å². The molecule has 0 fully saturated rings. The van der Waals surface area contributed by atoms with Crippen molar-refractivity contribution in [3.8, 4) is 11.5 Å². The predicted molar refractivity (Wildman–Crippen MR) is 120 cm³/mol. The van der Waals surface area contributed by atoms with Crippen molar-refractivity contribution >= 4 is 27.8 Å². The van der Waals surface area contributed by atoms with Crippen molar-refractivity contribution in [1.29, 1.82) is 0 Å². The number of nitrogens with zero attached hydrogens (tertiary/aromatic N) is 4. The van der Waals surface area contributed by atoms with Crippen molar-refractivity contribution in [2.45, 2.75) is 19.6 Å². The van der Waals surface area contributed by atoms with Gasteiger partial charge < -0.3 is 19.5 Å². The molecule has 4 rings (SSSR count). The molecule has 0 aliphatic carbocycles. The third-order valence-corrected chi connectivity index (χ3v) is 5.67. The first-order valence-electron chi connectivity index (χ1n) is 9.98. The largest absolute Gasteiger partial charge is 0.493 e. The number of carbonyl (C=O) groups excluding carboxylic acids is 1. The molecule has 0 spiro atoms. The van der Waals surface area contributed by atoms with E-state index in [2.05, 4.69) is 43.4 Å². The molecule has 2 aromatic carbocycles. The Morgan fingerprint density at radius 3 is 2.78 bits per heavy atom. The zero-order chi connectivity index (χ0) is 22.7. The number of carbonyl (C=O) groups is 1. The number of halogens is 1. The molecular weight excluding hydrogens is 478 g/mol. The minimum absolute atomic E-state index is 0.148. The molecule has 2 unspecified atom stereocenters. The minimum atomic E-state index is -0.774. The Morgan fingerprint density at radius 2 is 2.06 bits per heavy atom. The Hall–Kier alpha value is -3.40. The Balaban J connectivity index is 1.72. The maximum Gasteiger partial charge on any atom is 0.317 e. The number of anilines is 1. The Kier molecular flexibility index (Phi) is 6.40. The highest BCUT2D eigenvalue weighted by atomic mass is 79.9. The van der Waals surface area contributed by atoms with Gasteiger partial charge in [0.25, 0.3) is 0 Å². The van der Waals surface area contributed by atoms with Crippen LogP contribution in [0.3, 0.4) is 0 Å². The Morgan fingerprint density at radius 1 is 1.28 bits per heavy atom. The fourth-order valence-electron chi connectivity index (χ4n) is 3.63. The summed E-state index contributed by atoms with van der Waals surface area (Å²) in [5.74, 6) is 0.264. The normalized spacial score (nSPS) is 17.3. The minimum Gasteiger partial charge on any atom is -0.493 e. The van der Waals surface area contributed by atoms with Crippen LogP contribution in [0.2, 0.25) is 0 Å². The third kappa shape index (κ3) is 4.18. The number of nitrogens with one attached hydrogen (secondary N) is 1. The summed E-state index contributed by atoms with van der Waals surface area (Å²) in [6.45, 7) is 6.56. The molecule has 1 aliphatic rings. The summed E-state index contributed by atoms with van der Waals surface area (Å²) in [7, 11) is 1.56. The van der Waals surface area contributed by atoms with Gasteiger partial charge in [-0.1, -0.05) is 42.0 Å². The molecule has 9 nitrogen and oxygen atoms in total. The third-order valence-electron chi connectivity index (χ3n) is 5.08. The second-order valence-corrected chi connectivity index (χ2v) is 7.93. The van der Waals surface area contributed by atoms with Crippen LogP contribution in [0.4, 0.5) is 5.95 Å². The average Bonchev–Trinajstić information content (AvgIpc) is 3.26. The van der Waals surface area contributed by atoms with Gasteiger partial charge in [0.1, 0.15) is 18.6 Å². The van der Waals surface area contributed by atoms with Crippen LogP contribution >= 0.6 is 15.9 Å². The van der Waals surface area contributed by atoms with Crippen LogP contribution in [-0.4, -0.2) is 39.9 Å². The van der Waals surface area contributed by atoms with Crippen molar-refractivity contribution in [2.75, 3.05) is 19.0 Å². The van der Waals surface area contributed by atoms with Crippen LogP contribution in [0.25, 0.3) is 0 Å². The van der Waals surface area contributed by atoms with Crippen molar-refractivity contribution in [3.05, 3.63) is 70.3 Å². The van der Waals surface area contributed by atoms with Gasteiger partial charge in [0.15, 0.2) is 11.5 Å². The second-order valence-electron chi connectivity index (χ2n) is 7.08. The number of aromatic nitrogens is 4. The van der Waals surface area contributed by atoms with Crippen molar-refractivity contribution in [3.63, 3.8) is 0 Å². The maximum atomic E-state index is 13.2. The van der Waals surface area contributed by atoms with Crippen LogP contribution in [0.1, 0.15) is 24.1 Å². The number of hydrogen-bond acceptors (Lipinski definition) is 8. The highest BCUT2D eigenvalue weighted by Crippen LogP contribution is 2.43. The number of esters is 1. The van der Waals surface area contributed by atoms with Crippen molar-refractivity contribution < 1.29 is 19.0 Å². The van der Waals surface area contributed by atoms with Gasteiger partial charge in [0.2, 0.25) is 5.95 Å². The molecule has 1 aliphatic heterocycles. The highest BCUT2D eigenvalue weighted by Gasteiger charge is 2.41. The Labute approximate surface area is 193 Å². The summed E-state index contributed by atoms with van der Waals surface area (Å²) in [4.78, 5) is 13.2. The highest BCUT2D eigenvalue weighted by molar-refractivity contribution is 9.10. The number of benzene rings is 2. The van der Waals surface area contributed by atoms with Crippen LogP contribution in [0.15, 0.2) is 59.2 Å². The van der Waals surface area contributed by atoms with Crippen molar-refractivity contribution in [2.24, 2.45) is 5.92 Å². The molecule has 2 heterocycles. The first-order chi connectivity index (χ1) is 15.5. The molecule has 166 valence electrons. The van der Waals surface area contributed by atoms with Gasteiger partial charge in [0.05, 0.1) is 18.2 Å². The lowest BCUT2D eigenvalue weighted by atomic mass is 9.89. The van der Waals surface area contributed by atoms with E-state index in [9.17, 15) is 4.79 Å². The van der Waals surface area contributed by atoms with Gasteiger partial charge in [-0.3, -0.25) is 4.79 Å². The molecule has 3 aromatic rings. The summed E-state index contributed by atoms with van der Waals surface area (Å²) in [6, 6.07) is 12.6. The fourth-order valence-corrected chi connectivity index (χ4v) is 4.21. The average molecular weight is 500 g/mol. The molecule has 0 amide bonds. The van der Waals surface area contributed by atoms with E-state index in [1.54, 1.807) is 11.8 Å². The predicted octanol–water partition coefficient (Wildman–Crippen LogP) is 3.73. The van der Waals surface area contributed by atoms with Crippen LogP contribution < -0.4 is 14.8 Å². The quantitative estimate of drug-likeness (QED) is 0.490. The molecule has 0 bridgehead atoms. The first kappa shape index (κ1) is 21.8. The molecule has 1 N–H and O–H groups in total.